The molecule has 1 aliphatic rings. The maximum absolute atomic E-state index is 13.2. The van der Waals surface area contributed by atoms with E-state index in [0.717, 1.165) is 47.6 Å². The Balaban J connectivity index is 1.52. The number of para-hydroxylation sites is 1. The molecule has 7 heteroatoms. The van der Waals surface area contributed by atoms with Gasteiger partial charge in [-0.25, -0.2) is 4.68 Å². The summed E-state index contributed by atoms with van der Waals surface area (Å²) in [6.07, 6.45) is 3.28. The van der Waals surface area contributed by atoms with Gasteiger partial charge in [0, 0.05) is 11.3 Å². The number of fused-ring (bicyclic) bond motifs is 1. The van der Waals surface area contributed by atoms with Crippen molar-refractivity contribution in [2.75, 3.05) is 11.1 Å². The summed E-state index contributed by atoms with van der Waals surface area (Å²) < 4.78 is 7.07. The lowest BCUT2D eigenvalue weighted by atomic mass is 10.0. The van der Waals surface area contributed by atoms with E-state index >= 15 is 0 Å². The number of nitrogens with zero attached hydrogens (tertiary/aromatic N) is 3. The number of benzene rings is 2. The van der Waals surface area contributed by atoms with Crippen molar-refractivity contribution in [3.8, 4) is 16.9 Å². The van der Waals surface area contributed by atoms with Crippen molar-refractivity contribution in [2.24, 2.45) is 0 Å². The molecule has 0 unspecified atom stereocenters. The predicted octanol–water partition coefficient (Wildman–Crippen LogP) is 4.47. The first-order valence-electron chi connectivity index (χ1n) is 10.3. The molecule has 2 heterocycles. The number of anilines is 2. The Labute approximate surface area is 179 Å². The molecule has 0 saturated carbocycles. The third kappa shape index (κ3) is 3.28. The van der Waals surface area contributed by atoms with E-state index < -0.39 is 0 Å². The van der Waals surface area contributed by atoms with Gasteiger partial charge in [0.05, 0.1) is 17.1 Å². The van der Waals surface area contributed by atoms with E-state index in [-0.39, 0.29) is 17.4 Å². The molecule has 0 radical (unpaired) electrons. The standard InChI is InChI=1S/C24H23N5O2/c1-14-20(15(2)29(27-14)19-9-4-3-5-10-19)22-21(23(25)31-28-22)24(30)26-18-12-11-16-7-6-8-17(16)13-18/h3-5,9-13H,6-8,25H2,1-2H3,(H,26,30). The van der Waals surface area contributed by atoms with E-state index in [4.69, 9.17) is 10.3 Å². The van der Waals surface area contributed by atoms with Gasteiger partial charge in [-0.3, -0.25) is 4.79 Å². The van der Waals surface area contributed by atoms with Gasteiger partial charge in [-0.15, -0.1) is 0 Å². The van der Waals surface area contributed by atoms with Gasteiger partial charge in [0.2, 0.25) is 5.88 Å². The van der Waals surface area contributed by atoms with E-state index in [0.29, 0.717) is 5.69 Å². The first-order valence-corrected chi connectivity index (χ1v) is 10.3. The molecule has 0 aliphatic heterocycles. The zero-order chi connectivity index (χ0) is 21.5. The highest BCUT2D eigenvalue weighted by Gasteiger charge is 2.27. The number of hydrogen-bond acceptors (Lipinski definition) is 5. The summed E-state index contributed by atoms with van der Waals surface area (Å²) in [5.41, 5.74) is 13.3. The molecular formula is C24H23N5O2. The molecule has 1 amide bonds. The van der Waals surface area contributed by atoms with Crippen LogP contribution in [0.3, 0.4) is 0 Å². The van der Waals surface area contributed by atoms with Gasteiger partial charge in [0.15, 0.2) is 0 Å². The number of nitrogen functional groups attached to an aromatic ring is 1. The highest BCUT2D eigenvalue weighted by atomic mass is 16.5. The Bertz CT molecular complexity index is 1290. The summed E-state index contributed by atoms with van der Waals surface area (Å²) >= 11 is 0. The van der Waals surface area contributed by atoms with Crippen LogP contribution in [0.4, 0.5) is 11.6 Å². The van der Waals surface area contributed by atoms with Crippen LogP contribution in [0.15, 0.2) is 53.1 Å². The maximum Gasteiger partial charge on any atom is 0.263 e. The number of aromatic nitrogens is 3. The summed E-state index contributed by atoms with van der Waals surface area (Å²) in [6, 6.07) is 15.8. The number of amides is 1. The lowest BCUT2D eigenvalue weighted by molar-refractivity contribution is 0.102. The van der Waals surface area contributed by atoms with Crippen LogP contribution in [0, 0.1) is 13.8 Å². The molecule has 3 N–H and O–H groups in total. The fraction of sp³-hybridized carbons (Fsp3) is 0.208. The third-order valence-electron chi connectivity index (χ3n) is 5.83. The Kier molecular flexibility index (Phi) is 4.58. The number of hydrogen-bond donors (Lipinski definition) is 2. The molecule has 156 valence electrons. The Morgan fingerprint density at radius 3 is 2.68 bits per heavy atom. The second-order valence-corrected chi connectivity index (χ2v) is 7.85. The molecule has 7 nitrogen and oxygen atoms in total. The molecule has 0 bridgehead atoms. The van der Waals surface area contributed by atoms with Gasteiger partial charge in [-0.05, 0) is 68.5 Å². The SMILES string of the molecule is Cc1nn(-c2ccccc2)c(C)c1-c1noc(N)c1C(=O)Nc1ccc2c(c1)CCC2. The molecule has 5 rings (SSSR count). The predicted molar refractivity (Wildman–Crippen MR) is 119 cm³/mol. The van der Waals surface area contributed by atoms with Crippen molar-refractivity contribution in [2.45, 2.75) is 33.1 Å². The van der Waals surface area contributed by atoms with E-state index in [9.17, 15) is 4.79 Å². The highest BCUT2D eigenvalue weighted by Crippen LogP contribution is 2.34. The Morgan fingerprint density at radius 1 is 1.10 bits per heavy atom. The Hall–Kier alpha value is -3.87. The quantitative estimate of drug-likeness (QED) is 0.514. The molecule has 31 heavy (non-hydrogen) atoms. The van der Waals surface area contributed by atoms with E-state index in [1.165, 1.54) is 11.1 Å². The van der Waals surface area contributed by atoms with Crippen LogP contribution >= 0.6 is 0 Å². The average molecular weight is 413 g/mol. The van der Waals surface area contributed by atoms with Crippen LogP contribution in [-0.2, 0) is 12.8 Å². The molecule has 0 saturated heterocycles. The number of carbonyl (C=O) groups excluding carboxylic acids is 1. The minimum Gasteiger partial charge on any atom is -0.367 e. The second kappa shape index (κ2) is 7.43. The molecule has 2 aromatic carbocycles. The van der Waals surface area contributed by atoms with Crippen molar-refractivity contribution < 1.29 is 9.32 Å². The fourth-order valence-corrected chi connectivity index (χ4v) is 4.34. The number of nitrogens with one attached hydrogen (secondary N) is 1. The number of aryl methyl sites for hydroxylation is 3. The van der Waals surface area contributed by atoms with Gasteiger partial charge in [-0.1, -0.05) is 29.4 Å². The van der Waals surface area contributed by atoms with Crippen molar-refractivity contribution in [3.63, 3.8) is 0 Å². The zero-order valence-electron chi connectivity index (χ0n) is 17.5. The van der Waals surface area contributed by atoms with Crippen molar-refractivity contribution >= 4 is 17.5 Å². The lowest BCUT2D eigenvalue weighted by Gasteiger charge is -2.08. The number of rotatable bonds is 4. The van der Waals surface area contributed by atoms with Crippen LogP contribution in [0.5, 0.6) is 0 Å². The van der Waals surface area contributed by atoms with Crippen molar-refractivity contribution in [1.82, 2.24) is 14.9 Å². The van der Waals surface area contributed by atoms with Crippen LogP contribution in [0.1, 0.15) is 39.3 Å². The van der Waals surface area contributed by atoms with Gasteiger partial charge in [-0.2, -0.15) is 5.10 Å². The smallest absolute Gasteiger partial charge is 0.263 e. The van der Waals surface area contributed by atoms with Gasteiger partial charge >= 0.3 is 0 Å². The first-order chi connectivity index (χ1) is 15.0. The van der Waals surface area contributed by atoms with Crippen LogP contribution < -0.4 is 11.1 Å². The molecule has 2 aromatic heterocycles. The fourth-order valence-electron chi connectivity index (χ4n) is 4.34. The monoisotopic (exact) mass is 413 g/mol. The number of carbonyl (C=O) groups is 1. The molecule has 4 aromatic rings. The summed E-state index contributed by atoms with van der Waals surface area (Å²) in [5, 5.41) is 11.7. The van der Waals surface area contributed by atoms with E-state index in [1.54, 1.807) is 0 Å². The summed E-state index contributed by atoms with van der Waals surface area (Å²) in [6.45, 7) is 3.82. The largest absolute Gasteiger partial charge is 0.367 e. The second-order valence-electron chi connectivity index (χ2n) is 7.85. The minimum absolute atomic E-state index is 0.0140. The average Bonchev–Trinajstić information content (AvgIpc) is 3.45. The normalized spacial score (nSPS) is 12.7. The molecule has 0 fully saturated rings. The van der Waals surface area contributed by atoms with Gasteiger partial charge < -0.3 is 15.6 Å². The summed E-state index contributed by atoms with van der Waals surface area (Å²) in [5.74, 6) is -0.363. The third-order valence-corrected chi connectivity index (χ3v) is 5.83. The molecule has 1 aliphatic carbocycles. The topological polar surface area (TPSA) is 99.0 Å². The lowest BCUT2D eigenvalue weighted by Crippen LogP contribution is -2.14. The van der Waals surface area contributed by atoms with Gasteiger partial charge in [0.1, 0.15) is 11.3 Å². The van der Waals surface area contributed by atoms with Crippen LogP contribution in [0.25, 0.3) is 16.9 Å². The van der Waals surface area contributed by atoms with Gasteiger partial charge in [0.25, 0.3) is 5.91 Å². The number of nitrogens with two attached hydrogens (primary N) is 1. The molecule has 0 spiro atoms. The van der Waals surface area contributed by atoms with Crippen molar-refractivity contribution in [3.05, 3.63) is 76.6 Å². The van der Waals surface area contributed by atoms with Crippen LogP contribution in [-0.4, -0.2) is 20.8 Å². The Morgan fingerprint density at radius 2 is 1.87 bits per heavy atom. The minimum atomic E-state index is -0.349. The molecular weight excluding hydrogens is 390 g/mol. The van der Waals surface area contributed by atoms with E-state index in [1.807, 2.05) is 61.0 Å². The van der Waals surface area contributed by atoms with Crippen molar-refractivity contribution in [1.29, 1.82) is 0 Å². The zero-order valence-corrected chi connectivity index (χ0v) is 17.5. The maximum atomic E-state index is 13.2. The molecule has 0 atom stereocenters. The van der Waals surface area contributed by atoms with E-state index in [2.05, 4.69) is 21.6 Å². The first kappa shape index (κ1) is 19.1. The summed E-state index contributed by atoms with van der Waals surface area (Å²) in [4.78, 5) is 13.2. The van der Waals surface area contributed by atoms with Crippen LogP contribution in [0.2, 0.25) is 0 Å². The summed E-state index contributed by atoms with van der Waals surface area (Å²) in [7, 11) is 0. The highest BCUT2D eigenvalue weighted by molar-refractivity contribution is 6.11.